The molecule has 1 amide bonds. The highest BCUT2D eigenvalue weighted by Gasteiger charge is 2.18. The van der Waals surface area contributed by atoms with Crippen LogP contribution in [-0.4, -0.2) is 12.5 Å². The molecule has 3 nitrogen and oxygen atoms in total. The normalized spacial score (nSPS) is 11.3. The number of hydrogen-bond donors (Lipinski definition) is 2. The van der Waals surface area contributed by atoms with Crippen LogP contribution < -0.4 is 11.1 Å². The molecular weight excluding hydrogens is 236 g/mol. The van der Waals surface area contributed by atoms with Crippen molar-refractivity contribution in [3.05, 3.63) is 29.8 Å². The second-order valence-electron chi connectivity index (χ2n) is 5.88. The maximum atomic E-state index is 11.9. The number of nitrogens with two attached hydrogens (primary N) is 1. The van der Waals surface area contributed by atoms with E-state index in [4.69, 9.17) is 5.73 Å². The summed E-state index contributed by atoms with van der Waals surface area (Å²) in [5, 5.41) is 3.03. The lowest BCUT2D eigenvalue weighted by Crippen LogP contribution is -2.34. The summed E-state index contributed by atoms with van der Waals surface area (Å²) in [6.45, 7) is 9.56. The van der Waals surface area contributed by atoms with Crippen molar-refractivity contribution < 1.29 is 4.79 Å². The summed E-state index contributed by atoms with van der Waals surface area (Å²) in [5.74, 6) is 1.74. The van der Waals surface area contributed by atoms with Crippen molar-refractivity contribution in [2.45, 2.75) is 34.1 Å². The average molecular weight is 262 g/mol. The number of hydrogen-bond acceptors (Lipinski definition) is 2. The lowest BCUT2D eigenvalue weighted by Gasteiger charge is -2.25. The van der Waals surface area contributed by atoms with Gasteiger partial charge in [-0.05, 0) is 35.4 Å². The fourth-order valence-electron chi connectivity index (χ4n) is 2.42. The van der Waals surface area contributed by atoms with Gasteiger partial charge in [0, 0.05) is 12.2 Å². The van der Waals surface area contributed by atoms with E-state index in [1.807, 2.05) is 24.3 Å². The third kappa shape index (κ3) is 5.33. The number of anilines is 1. The van der Waals surface area contributed by atoms with E-state index in [2.05, 4.69) is 33.0 Å². The molecule has 0 aliphatic rings. The SMILES string of the molecule is CC(C)C(CNC(=O)Cc1cccc(N)c1)C(C)C. The predicted octanol–water partition coefficient (Wildman–Crippen LogP) is 2.86. The van der Waals surface area contributed by atoms with E-state index in [1.54, 1.807) is 0 Å². The Bertz CT molecular complexity index is 405. The largest absolute Gasteiger partial charge is 0.399 e. The molecule has 0 radical (unpaired) electrons. The number of carbonyl (C=O) groups excluding carboxylic acids is 1. The number of benzene rings is 1. The van der Waals surface area contributed by atoms with Gasteiger partial charge < -0.3 is 11.1 Å². The fraction of sp³-hybridized carbons (Fsp3) is 0.562. The molecule has 3 heteroatoms. The Morgan fingerprint density at radius 3 is 2.37 bits per heavy atom. The Balaban J connectivity index is 2.47. The molecule has 3 N–H and O–H groups in total. The van der Waals surface area contributed by atoms with Crippen molar-refractivity contribution in [1.82, 2.24) is 5.32 Å². The third-order valence-corrected chi connectivity index (χ3v) is 3.56. The summed E-state index contributed by atoms with van der Waals surface area (Å²) in [5.41, 5.74) is 7.37. The quantitative estimate of drug-likeness (QED) is 0.775. The van der Waals surface area contributed by atoms with Crippen LogP contribution in [0.3, 0.4) is 0 Å². The van der Waals surface area contributed by atoms with E-state index >= 15 is 0 Å². The molecule has 0 fully saturated rings. The Kier molecular flexibility index (Phi) is 5.87. The zero-order valence-corrected chi connectivity index (χ0v) is 12.4. The first-order valence-electron chi connectivity index (χ1n) is 7.01. The summed E-state index contributed by atoms with van der Waals surface area (Å²) >= 11 is 0. The lowest BCUT2D eigenvalue weighted by molar-refractivity contribution is -0.120. The summed E-state index contributed by atoms with van der Waals surface area (Å²) < 4.78 is 0. The first-order valence-corrected chi connectivity index (χ1v) is 7.01. The van der Waals surface area contributed by atoms with Crippen molar-refractivity contribution in [2.75, 3.05) is 12.3 Å². The zero-order chi connectivity index (χ0) is 14.4. The summed E-state index contributed by atoms with van der Waals surface area (Å²) in [4.78, 5) is 11.9. The molecule has 0 atom stereocenters. The number of nitrogens with one attached hydrogen (secondary N) is 1. The first-order chi connectivity index (χ1) is 8.90. The van der Waals surface area contributed by atoms with Gasteiger partial charge in [0.2, 0.25) is 5.91 Å². The Morgan fingerprint density at radius 1 is 1.21 bits per heavy atom. The number of carbonyl (C=O) groups is 1. The van der Waals surface area contributed by atoms with E-state index < -0.39 is 0 Å². The van der Waals surface area contributed by atoms with Crippen LogP contribution in [0.2, 0.25) is 0 Å². The standard InChI is InChI=1S/C16H26N2O/c1-11(2)15(12(3)4)10-18-16(19)9-13-6-5-7-14(17)8-13/h5-8,11-12,15H,9-10,17H2,1-4H3,(H,18,19). The monoisotopic (exact) mass is 262 g/mol. The predicted molar refractivity (Wildman–Crippen MR) is 80.7 cm³/mol. The maximum Gasteiger partial charge on any atom is 0.224 e. The Labute approximate surface area is 116 Å². The van der Waals surface area contributed by atoms with Gasteiger partial charge in [-0.2, -0.15) is 0 Å². The maximum absolute atomic E-state index is 11.9. The highest BCUT2D eigenvalue weighted by molar-refractivity contribution is 5.78. The third-order valence-electron chi connectivity index (χ3n) is 3.56. The molecule has 1 aromatic rings. The lowest BCUT2D eigenvalue weighted by atomic mass is 9.85. The van der Waals surface area contributed by atoms with Crippen LogP contribution in [0.4, 0.5) is 5.69 Å². The average Bonchev–Trinajstić information content (AvgIpc) is 2.27. The van der Waals surface area contributed by atoms with Crippen LogP contribution >= 0.6 is 0 Å². The van der Waals surface area contributed by atoms with Gasteiger partial charge in [-0.15, -0.1) is 0 Å². The van der Waals surface area contributed by atoms with Crippen LogP contribution in [0.5, 0.6) is 0 Å². The zero-order valence-electron chi connectivity index (χ0n) is 12.4. The van der Waals surface area contributed by atoms with Crippen molar-refractivity contribution in [3.63, 3.8) is 0 Å². The van der Waals surface area contributed by atoms with E-state index in [1.165, 1.54) is 0 Å². The molecule has 1 rings (SSSR count). The molecule has 0 aliphatic heterocycles. The molecule has 0 heterocycles. The topological polar surface area (TPSA) is 55.1 Å². The van der Waals surface area contributed by atoms with E-state index in [0.29, 0.717) is 29.9 Å². The van der Waals surface area contributed by atoms with Crippen molar-refractivity contribution >= 4 is 11.6 Å². The van der Waals surface area contributed by atoms with Crippen LogP contribution in [0.15, 0.2) is 24.3 Å². The van der Waals surface area contributed by atoms with Gasteiger partial charge in [-0.3, -0.25) is 4.79 Å². The Hall–Kier alpha value is -1.51. The minimum atomic E-state index is 0.0666. The minimum absolute atomic E-state index is 0.0666. The summed E-state index contributed by atoms with van der Waals surface area (Å²) in [6.07, 6.45) is 0.397. The van der Waals surface area contributed by atoms with Crippen LogP contribution in [-0.2, 0) is 11.2 Å². The Morgan fingerprint density at radius 2 is 1.84 bits per heavy atom. The van der Waals surface area contributed by atoms with E-state index in [0.717, 1.165) is 12.1 Å². The van der Waals surface area contributed by atoms with Gasteiger partial charge >= 0.3 is 0 Å². The molecule has 0 bridgehead atoms. The van der Waals surface area contributed by atoms with Crippen LogP contribution in [0, 0.1) is 17.8 Å². The second kappa shape index (κ2) is 7.17. The van der Waals surface area contributed by atoms with Gasteiger partial charge in [-0.1, -0.05) is 39.8 Å². The summed E-state index contributed by atoms with van der Waals surface area (Å²) in [7, 11) is 0. The van der Waals surface area contributed by atoms with E-state index in [9.17, 15) is 4.79 Å². The number of amides is 1. The van der Waals surface area contributed by atoms with Gasteiger partial charge in [0.05, 0.1) is 6.42 Å². The van der Waals surface area contributed by atoms with Crippen LogP contribution in [0.1, 0.15) is 33.3 Å². The molecule has 0 unspecified atom stereocenters. The van der Waals surface area contributed by atoms with Gasteiger partial charge in [0.15, 0.2) is 0 Å². The minimum Gasteiger partial charge on any atom is -0.399 e. The molecule has 0 aliphatic carbocycles. The molecule has 0 aromatic heterocycles. The highest BCUT2D eigenvalue weighted by Crippen LogP contribution is 2.19. The van der Waals surface area contributed by atoms with Gasteiger partial charge in [-0.25, -0.2) is 0 Å². The van der Waals surface area contributed by atoms with Crippen molar-refractivity contribution in [3.8, 4) is 0 Å². The van der Waals surface area contributed by atoms with Crippen LogP contribution in [0.25, 0.3) is 0 Å². The van der Waals surface area contributed by atoms with E-state index in [-0.39, 0.29) is 5.91 Å². The number of rotatable bonds is 6. The van der Waals surface area contributed by atoms with Gasteiger partial charge in [0.1, 0.15) is 0 Å². The highest BCUT2D eigenvalue weighted by atomic mass is 16.1. The smallest absolute Gasteiger partial charge is 0.224 e. The van der Waals surface area contributed by atoms with Crippen molar-refractivity contribution in [2.24, 2.45) is 17.8 Å². The second-order valence-corrected chi connectivity index (χ2v) is 5.88. The molecular formula is C16H26N2O. The van der Waals surface area contributed by atoms with Gasteiger partial charge in [0.25, 0.3) is 0 Å². The molecule has 1 aromatic carbocycles. The molecule has 0 saturated carbocycles. The fourth-order valence-corrected chi connectivity index (χ4v) is 2.42. The van der Waals surface area contributed by atoms with Crippen molar-refractivity contribution in [1.29, 1.82) is 0 Å². The first kappa shape index (κ1) is 15.5. The molecule has 0 spiro atoms. The molecule has 106 valence electrons. The number of nitrogen functional groups attached to an aromatic ring is 1. The molecule has 19 heavy (non-hydrogen) atoms. The molecule has 0 saturated heterocycles. The summed E-state index contributed by atoms with van der Waals surface area (Å²) in [6, 6.07) is 7.48.